The van der Waals surface area contributed by atoms with Gasteiger partial charge in [0, 0.05) is 21.6 Å². The lowest BCUT2D eigenvalue weighted by Crippen LogP contribution is -2.17. The molecule has 332 valence electrons. The highest BCUT2D eigenvalue weighted by Gasteiger charge is 2.27. The zero-order valence-electron chi connectivity index (χ0n) is 41.3. The molecular formula is C60H56N4Si4. The third kappa shape index (κ3) is 13.7. The van der Waals surface area contributed by atoms with Gasteiger partial charge in [0.05, 0.1) is 11.1 Å². The van der Waals surface area contributed by atoms with E-state index in [1.807, 2.05) is 0 Å². The minimum Gasteiger partial charge on any atom is -0.192 e. The van der Waals surface area contributed by atoms with Crippen molar-refractivity contribution in [2.75, 3.05) is 0 Å². The molecule has 0 bridgehead atoms. The van der Waals surface area contributed by atoms with Crippen molar-refractivity contribution in [3.63, 3.8) is 0 Å². The third-order valence-corrected chi connectivity index (χ3v) is 13.5. The molecule has 0 unspecified atom stereocenters. The van der Waals surface area contributed by atoms with E-state index < -0.39 is 32.3 Å². The van der Waals surface area contributed by atoms with Crippen LogP contribution in [0.4, 0.5) is 0 Å². The van der Waals surface area contributed by atoms with Gasteiger partial charge in [-0.3, -0.25) is 0 Å². The Balaban J connectivity index is 0.000000197. The highest BCUT2D eigenvalue weighted by Crippen LogP contribution is 2.46. The Hall–Kier alpha value is -7.61. The molecule has 0 atom stereocenters. The van der Waals surface area contributed by atoms with Crippen LogP contribution in [0.3, 0.4) is 0 Å². The van der Waals surface area contributed by atoms with Crippen LogP contribution in [0.1, 0.15) is 22.3 Å². The molecule has 4 nitrogen and oxygen atoms in total. The fourth-order valence-electron chi connectivity index (χ4n) is 7.00. The van der Waals surface area contributed by atoms with Crippen LogP contribution in [-0.4, -0.2) is 32.3 Å². The van der Waals surface area contributed by atoms with Gasteiger partial charge in [0.1, 0.15) is 67.7 Å². The van der Waals surface area contributed by atoms with E-state index in [1.54, 1.807) is 24.3 Å². The molecule has 0 heterocycles. The maximum atomic E-state index is 8.63. The highest BCUT2D eigenvalue weighted by atomic mass is 28.3. The van der Waals surface area contributed by atoms with Gasteiger partial charge in [-0.05, 0) is 44.5 Å². The van der Waals surface area contributed by atoms with E-state index in [0.29, 0.717) is 10.4 Å². The molecule has 0 N–H and O–H groups in total. The molecule has 0 fully saturated rings. The Morgan fingerprint density at radius 1 is 0.279 bits per heavy atom. The molecule has 0 amide bonds. The summed E-state index contributed by atoms with van der Waals surface area (Å²) in [7, 11) is -5.92. The maximum Gasteiger partial charge on any atom is 0.136 e. The molecule has 8 heteroatoms. The molecule has 0 aliphatic heterocycles. The smallest absolute Gasteiger partial charge is 0.136 e. The van der Waals surface area contributed by atoms with Crippen molar-refractivity contribution in [1.29, 1.82) is 21.0 Å². The Kier molecular flexibility index (Phi) is 16.5. The van der Waals surface area contributed by atoms with Crippen LogP contribution >= 0.6 is 0 Å². The van der Waals surface area contributed by atoms with E-state index in [1.165, 1.54) is 79.9 Å². The van der Waals surface area contributed by atoms with Crippen LogP contribution in [-0.2, 0) is 0 Å². The van der Waals surface area contributed by atoms with Crippen LogP contribution in [0.2, 0.25) is 78.6 Å². The number of allylic oxidation sites excluding steroid dienone is 2. The summed E-state index contributed by atoms with van der Waals surface area (Å²) in [5, 5.41) is 35.5. The van der Waals surface area contributed by atoms with Crippen LogP contribution in [0.5, 0.6) is 0 Å². The van der Waals surface area contributed by atoms with E-state index in [9.17, 15) is 0 Å². The van der Waals surface area contributed by atoms with Gasteiger partial charge in [0.25, 0.3) is 0 Å². The second-order valence-electron chi connectivity index (χ2n) is 20.5. The Labute approximate surface area is 409 Å². The molecule has 0 aromatic heterocycles. The summed E-state index contributed by atoms with van der Waals surface area (Å²) in [5.74, 6) is 14.0. The van der Waals surface area contributed by atoms with E-state index in [0.717, 1.165) is 11.1 Å². The fraction of sp³-hybridized carbons (Fsp3) is 0.200. The van der Waals surface area contributed by atoms with Gasteiger partial charge < -0.3 is 0 Å². The average molecular weight is 945 g/mol. The number of fused-ring (bicyclic) bond motifs is 6. The van der Waals surface area contributed by atoms with Crippen molar-refractivity contribution in [3.05, 3.63) is 165 Å². The number of benzene rings is 5. The first-order valence-corrected chi connectivity index (χ1v) is 36.5. The minimum atomic E-state index is -1.48. The summed E-state index contributed by atoms with van der Waals surface area (Å²) in [4.78, 5) is 0. The predicted molar refractivity (Wildman–Crippen MR) is 295 cm³/mol. The molecule has 5 aromatic carbocycles. The summed E-state index contributed by atoms with van der Waals surface area (Å²) >= 11 is 0. The largest absolute Gasteiger partial charge is 0.192 e. The summed E-state index contributed by atoms with van der Waals surface area (Å²) in [6, 6.07) is 47.7. The van der Waals surface area contributed by atoms with Gasteiger partial charge in [-0.2, -0.15) is 21.0 Å². The molecule has 5 aromatic rings. The lowest BCUT2D eigenvalue weighted by Gasteiger charge is -2.08. The molecule has 2 aliphatic rings. The van der Waals surface area contributed by atoms with E-state index in [-0.39, 0.29) is 11.1 Å². The third-order valence-electron chi connectivity index (χ3n) is 10.0. The van der Waals surface area contributed by atoms with Crippen LogP contribution in [0.15, 0.2) is 132 Å². The van der Waals surface area contributed by atoms with Crippen LogP contribution in [0.25, 0.3) is 44.5 Å². The van der Waals surface area contributed by atoms with Crippen molar-refractivity contribution in [2.45, 2.75) is 78.6 Å². The van der Waals surface area contributed by atoms with E-state index >= 15 is 0 Å². The second kappa shape index (κ2) is 21.8. The highest BCUT2D eigenvalue weighted by molar-refractivity contribution is 6.85. The number of nitriles is 4. The lowest BCUT2D eigenvalue weighted by atomic mass is 9.99. The Morgan fingerprint density at radius 3 is 0.647 bits per heavy atom. The van der Waals surface area contributed by atoms with Crippen LogP contribution in [0, 0.1) is 91.2 Å². The zero-order chi connectivity index (χ0) is 49.9. The zero-order valence-corrected chi connectivity index (χ0v) is 45.3. The van der Waals surface area contributed by atoms with Gasteiger partial charge in [0.15, 0.2) is 0 Å². The van der Waals surface area contributed by atoms with Crippen molar-refractivity contribution in [1.82, 2.24) is 0 Å². The first kappa shape index (κ1) is 51.4. The number of hydrogen-bond acceptors (Lipinski definition) is 4. The quantitative estimate of drug-likeness (QED) is 0.112. The predicted octanol–water partition coefficient (Wildman–Crippen LogP) is 12.5. The molecule has 0 spiro atoms. The second-order valence-corrected chi connectivity index (χ2v) is 39.5. The molecular weight excluding hydrogens is 889 g/mol. The molecule has 7 rings (SSSR count). The first-order valence-electron chi connectivity index (χ1n) is 22.5. The Bertz CT molecular complexity index is 3000. The average Bonchev–Trinajstić information content (AvgIpc) is 3.80. The number of hydrogen-bond donors (Lipinski definition) is 0. The van der Waals surface area contributed by atoms with Gasteiger partial charge in [0.2, 0.25) is 0 Å². The van der Waals surface area contributed by atoms with Crippen molar-refractivity contribution in [2.24, 2.45) is 0 Å². The monoisotopic (exact) mass is 944 g/mol. The van der Waals surface area contributed by atoms with E-state index in [2.05, 4.69) is 221 Å². The van der Waals surface area contributed by atoms with Gasteiger partial charge in [-0.15, -0.1) is 22.2 Å². The summed E-state index contributed by atoms with van der Waals surface area (Å²) < 4.78 is 0. The van der Waals surface area contributed by atoms with Gasteiger partial charge in [-0.1, -0.05) is 224 Å². The van der Waals surface area contributed by atoms with Crippen LogP contribution < -0.4 is 10.4 Å². The molecule has 0 saturated carbocycles. The van der Waals surface area contributed by atoms with Crippen molar-refractivity contribution < 1.29 is 0 Å². The summed E-state index contributed by atoms with van der Waals surface area (Å²) in [6.45, 7) is 27.4. The topological polar surface area (TPSA) is 95.2 Å². The SMILES string of the molecule is C[Si](C)(C)C#CC(C#C[Si](C)(C)C)=C1c2ccccc2-c2ccccc21.C[Si](C)(C)C#CC(C#C[Si](C)(C)C)=C1c2ccccc2-c2ccccc21.N#CC(C#N)=c1ccc(=C(C#N)C#N)cc1. The molecule has 68 heavy (non-hydrogen) atoms. The summed E-state index contributed by atoms with van der Waals surface area (Å²) in [6.07, 6.45) is 0. The summed E-state index contributed by atoms with van der Waals surface area (Å²) in [5.41, 5.74) is 28.8. The van der Waals surface area contributed by atoms with Gasteiger partial charge in [-0.25, -0.2) is 0 Å². The normalized spacial score (nSPS) is 11.2. The molecule has 0 saturated heterocycles. The van der Waals surface area contributed by atoms with E-state index in [4.69, 9.17) is 21.0 Å². The first-order chi connectivity index (χ1) is 32.1. The molecule has 0 radical (unpaired) electrons. The van der Waals surface area contributed by atoms with Gasteiger partial charge >= 0.3 is 0 Å². The number of rotatable bonds is 0. The molecule has 2 aliphatic carbocycles. The standard InChI is InChI=1S/2C24H26Si2.C12H4N4/c2*1-25(2,3)17-15-19(16-18-26(4,5)6)24-22-13-9-7-11-20(22)21-12-8-10-14-23(21)24;13-5-11(6-14)9-1-2-10(4-3-9)12(7-15)8-16/h2*7-14H,1-6H3;1-4H. The fourth-order valence-corrected chi connectivity index (χ4v) is 9.00. The Morgan fingerprint density at radius 2 is 0.471 bits per heavy atom. The maximum absolute atomic E-state index is 8.63. The minimum absolute atomic E-state index is 0.00187. The van der Waals surface area contributed by atoms with Crippen molar-refractivity contribution in [3.8, 4) is 92.4 Å². The number of nitrogens with zero attached hydrogens (tertiary/aromatic N) is 4. The van der Waals surface area contributed by atoms with Crippen molar-refractivity contribution >= 4 is 54.6 Å². The lowest BCUT2D eigenvalue weighted by molar-refractivity contribution is 1.46.